The number of fused-ring (bicyclic) bond motifs is 1. The summed E-state index contributed by atoms with van der Waals surface area (Å²) in [5, 5.41) is 0.214. The molecule has 1 aliphatic rings. The van der Waals surface area contributed by atoms with Crippen molar-refractivity contribution in [2.45, 2.75) is 51.3 Å². The van der Waals surface area contributed by atoms with Crippen molar-refractivity contribution in [3.05, 3.63) is 34.9 Å². The lowest BCUT2D eigenvalue weighted by molar-refractivity contribution is 0.503. The summed E-state index contributed by atoms with van der Waals surface area (Å²) >= 11 is 6.52. The van der Waals surface area contributed by atoms with Crippen LogP contribution >= 0.6 is 11.6 Å². The summed E-state index contributed by atoms with van der Waals surface area (Å²) in [6, 6.07) is 6.89. The van der Waals surface area contributed by atoms with Gasteiger partial charge in [-0.3, -0.25) is 0 Å². The van der Waals surface area contributed by atoms with Crippen LogP contribution in [0.15, 0.2) is 18.2 Å². The van der Waals surface area contributed by atoms with Gasteiger partial charge in [0.15, 0.2) is 0 Å². The molecule has 2 unspecified atom stereocenters. The molecule has 2 atom stereocenters. The monoisotopic (exact) mass is 236 g/mol. The van der Waals surface area contributed by atoms with Gasteiger partial charge in [0.05, 0.1) is 5.38 Å². The second-order valence-electron chi connectivity index (χ2n) is 5.46. The number of aryl methyl sites for hydroxylation is 1. The van der Waals surface area contributed by atoms with E-state index in [1.165, 1.54) is 29.5 Å². The minimum Gasteiger partial charge on any atom is -0.118 e. The van der Waals surface area contributed by atoms with Gasteiger partial charge < -0.3 is 0 Å². The molecule has 0 saturated carbocycles. The molecule has 0 spiro atoms. The van der Waals surface area contributed by atoms with Crippen LogP contribution in [0, 0.1) is 5.92 Å². The molecule has 0 aromatic heterocycles. The molecule has 0 bridgehead atoms. The maximum absolute atomic E-state index is 6.52. The van der Waals surface area contributed by atoms with Gasteiger partial charge in [0, 0.05) is 0 Å². The summed E-state index contributed by atoms with van der Waals surface area (Å²) in [4.78, 5) is 0. The highest BCUT2D eigenvalue weighted by Crippen LogP contribution is 2.37. The van der Waals surface area contributed by atoms with Gasteiger partial charge in [0.1, 0.15) is 0 Å². The first-order valence-corrected chi connectivity index (χ1v) is 6.78. The summed E-state index contributed by atoms with van der Waals surface area (Å²) in [5.74, 6) is 1.34. The fourth-order valence-corrected chi connectivity index (χ4v) is 3.00. The zero-order chi connectivity index (χ0) is 11.7. The maximum Gasteiger partial charge on any atom is 0.0590 e. The van der Waals surface area contributed by atoms with Gasteiger partial charge >= 0.3 is 0 Å². The van der Waals surface area contributed by atoms with Gasteiger partial charge in [-0.05, 0) is 47.8 Å². The molecule has 16 heavy (non-hydrogen) atoms. The average molecular weight is 237 g/mol. The van der Waals surface area contributed by atoms with Crippen LogP contribution in [-0.4, -0.2) is 0 Å². The van der Waals surface area contributed by atoms with Crippen LogP contribution in [0.5, 0.6) is 0 Å². The minimum atomic E-state index is 0.214. The first-order chi connectivity index (χ1) is 7.58. The molecule has 1 heteroatoms. The van der Waals surface area contributed by atoms with E-state index in [9.17, 15) is 0 Å². The molecule has 88 valence electrons. The van der Waals surface area contributed by atoms with Gasteiger partial charge in [0.2, 0.25) is 0 Å². The Morgan fingerprint density at radius 1 is 1.31 bits per heavy atom. The van der Waals surface area contributed by atoms with Crippen molar-refractivity contribution in [3.63, 3.8) is 0 Å². The van der Waals surface area contributed by atoms with Crippen LogP contribution in [0.3, 0.4) is 0 Å². The van der Waals surface area contributed by atoms with Crippen molar-refractivity contribution in [2.75, 3.05) is 0 Å². The van der Waals surface area contributed by atoms with E-state index in [0.29, 0.717) is 5.92 Å². The summed E-state index contributed by atoms with van der Waals surface area (Å²) in [5.41, 5.74) is 4.27. The second-order valence-corrected chi connectivity index (χ2v) is 5.99. The van der Waals surface area contributed by atoms with E-state index in [4.69, 9.17) is 11.6 Å². The SMILES string of the molecule is CC1CCc2ccc(C(C)C)cc2C(Cl)C1. The Kier molecular flexibility index (Phi) is 3.59. The van der Waals surface area contributed by atoms with Crippen LogP contribution < -0.4 is 0 Å². The number of benzene rings is 1. The highest BCUT2D eigenvalue weighted by molar-refractivity contribution is 6.21. The first-order valence-electron chi connectivity index (χ1n) is 6.34. The highest BCUT2D eigenvalue weighted by atomic mass is 35.5. The van der Waals surface area contributed by atoms with Gasteiger partial charge in [-0.15, -0.1) is 11.6 Å². The van der Waals surface area contributed by atoms with Gasteiger partial charge in [-0.1, -0.05) is 39.0 Å². The molecule has 0 nitrogen and oxygen atoms in total. The molecule has 0 N–H and O–H groups in total. The summed E-state index contributed by atoms with van der Waals surface area (Å²) < 4.78 is 0. The van der Waals surface area contributed by atoms with Crippen LogP contribution in [-0.2, 0) is 6.42 Å². The Hall–Kier alpha value is -0.490. The average Bonchev–Trinajstić information content (AvgIpc) is 2.38. The molecule has 0 saturated heterocycles. The van der Waals surface area contributed by atoms with Gasteiger partial charge in [-0.25, -0.2) is 0 Å². The molecular formula is C15H21Cl. The third kappa shape index (κ3) is 2.43. The lowest BCUT2D eigenvalue weighted by Crippen LogP contribution is -1.98. The van der Waals surface area contributed by atoms with E-state index < -0.39 is 0 Å². The topological polar surface area (TPSA) is 0 Å². The van der Waals surface area contributed by atoms with Gasteiger partial charge in [0.25, 0.3) is 0 Å². The van der Waals surface area contributed by atoms with E-state index in [2.05, 4.69) is 39.0 Å². The van der Waals surface area contributed by atoms with Crippen molar-refractivity contribution < 1.29 is 0 Å². The minimum absolute atomic E-state index is 0.214. The third-order valence-corrected chi connectivity index (χ3v) is 4.10. The van der Waals surface area contributed by atoms with Crippen molar-refractivity contribution in [2.24, 2.45) is 5.92 Å². The zero-order valence-electron chi connectivity index (χ0n) is 10.5. The quantitative estimate of drug-likeness (QED) is 0.472. The summed E-state index contributed by atoms with van der Waals surface area (Å²) in [6.07, 6.45) is 3.59. The largest absolute Gasteiger partial charge is 0.118 e. The number of hydrogen-bond donors (Lipinski definition) is 0. The van der Waals surface area contributed by atoms with Crippen LogP contribution in [0.25, 0.3) is 0 Å². The normalized spacial score (nSPS) is 25.3. The Labute approximate surface area is 104 Å². The fraction of sp³-hybridized carbons (Fsp3) is 0.600. The van der Waals surface area contributed by atoms with Crippen LogP contribution in [0.4, 0.5) is 0 Å². The van der Waals surface area contributed by atoms with Crippen molar-refractivity contribution in [1.29, 1.82) is 0 Å². The van der Waals surface area contributed by atoms with Crippen molar-refractivity contribution in [3.8, 4) is 0 Å². The van der Waals surface area contributed by atoms with E-state index in [1.54, 1.807) is 0 Å². The Balaban J connectivity index is 2.37. The summed E-state index contributed by atoms with van der Waals surface area (Å²) in [6.45, 7) is 6.79. The Morgan fingerprint density at radius 3 is 2.75 bits per heavy atom. The fourth-order valence-electron chi connectivity index (χ4n) is 2.49. The number of halogens is 1. The van der Waals surface area contributed by atoms with Crippen LogP contribution in [0.1, 0.15) is 61.6 Å². The van der Waals surface area contributed by atoms with E-state index in [0.717, 1.165) is 12.3 Å². The predicted molar refractivity (Wildman–Crippen MR) is 71.2 cm³/mol. The molecule has 0 aliphatic heterocycles. The smallest absolute Gasteiger partial charge is 0.0590 e. The zero-order valence-corrected chi connectivity index (χ0v) is 11.2. The Bertz CT molecular complexity index is 368. The molecule has 0 fully saturated rings. The lowest BCUT2D eigenvalue weighted by atomic mass is 9.95. The number of hydrogen-bond acceptors (Lipinski definition) is 0. The second kappa shape index (κ2) is 4.79. The highest BCUT2D eigenvalue weighted by Gasteiger charge is 2.21. The van der Waals surface area contributed by atoms with Crippen LogP contribution in [0.2, 0.25) is 0 Å². The molecule has 0 heterocycles. The van der Waals surface area contributed by atoms with E-state index in [-0.39, 0.29) is 5.38 Å². The molecule has 0 amide bonds. The molecule has 1 aromatic carbocycles. The predicted octanol–water partition coefficient (Wildman–Crippen LogP) is 5.06. The number of alkyl halides is 1. The summed E-state index contributed by atoms with van der Waals surface area (Å²) in [7, 11) is 0. The molecule has 1 aliphatic carbocycles. The molecule has 0 radical (unpaired) electrons. The standard InChI is InChI=1S/C15H21Cl/c1-10(2)13-7-6-12-5-4-11(3)8-15(16)14(12)9-13/h6-7,9-11,15H,4-5,8H2,1-3H3. The van der Waals surface area contributed by atoms with Crippen molar-refractivity contribution in [1.82, 2.24) is 0 Å². The van der Waals surface area contributed by atoms with E-state index in [1.807, 2.05) is 0 Å². The lowest BCUT2D eigenvalue weighted by Gasteiger charge is -2.15. The Morgan fingerprint density at radius 2 is 2.06 bits per heavy atom. The maximum atomic E-state index is 6.52. The van der Waals surface area contributed by atoms with E-state index >= 15 is 0 Å². The van der Waals surface area contributed by atoms with Gasteiger partial charge in [-0.2, -0.15) is 0 Å². The number of rotatable bonds is 1. The molecule has 2 rings (SSSR count). The first kappa shape index (κ1) is 12.0. The molecule has 1 aromatic rings. The van der Waals surface area contributed by atoms with Crippen molar-refractivity contribution >= 4 is 11.6 Å². The molecular weight excluding hydrogens is 216 g/mol. The third-order valence-electron chi connectivity index (χ3n) is 3.69.